The quantitative estimate of drug-likeness (QED) is 0.482. The highest BCUT2D eigenvalue weighted by Gasteiger charge is 2.54. The van der Waals surface area contributed by atoms with Crippen molar-refractivity contribution < 1.29 is 19.6 Å². The molecule has 0 saturated heterocycles. The second kappa shape index (κ2) is 5.59. The topological polar surface area (TPSA) is 89.7 Å². The Morgan fingerprint density at radius 1 is 1.44 bits per heavy atom. The van der Waals surface area contributed by atoms with E-state index in [4.69, 9.17) is 4.74 Å². The van der Waals surface area contributed by atoms with Crippen LogP contribution in [0.3, 0.4) is 0 Å². The third-order valence-electron chi connectivity index (χ3n) is 2.47. The van der Waals surface area contributed by atoms with Crippen molar-refractivity contribution in [3.63, 3.8) is 0 Å². The second-order valence-corrected chi connectivity index (χ2v) is 4.10. The predicted octanol–water partition coefficient (Wildman–Crippen LogP) is 1.10. The van der Waals surface area contributed by atoms with Crippen LogP contribution in [0.5, 0.6) is 0 Å². The third kappa shape index (κ3) is 2.48. The molecular formula is C12H15NO5. The van der Waals surface area contributed by atoms with Gasteiger partial charge in [0.25, 0.3) is 0 Å². The fraction of sp³-hybridized carbons (Fsp3) is 0.417. The van der Waals surface area contributed by atoms with Crippen molar-refractivity contribution in [2.75, 3.05) is 6.61 Å². The lowest BCUT2D eigenvalue weighted by molar-refractivity contribution is -0.568. The molecule has 18 heavy (non-hydrogen) atoms. The van der Waals surface area contributed by atoms with E-state index in [1.165, 1.54) is 12.1 Å². The number of nitrogens with zero attached hydrogens (tertiary/aromatic N) is 1. The van der Waals surface area contributed by atoms with Gasteiger partial charge in [-0.05, 0) is 13.8 Å². The fourth-order valence-electron chi connectivity index (χ4n) is 1.54. The Morgan fingerprint density at radius 2 is 2.00 bits per heavy atom. The summed E-state index contributed by atoms with van der Waals surface area (Å²) in [6.07, 6.45) is -0.493. The van der Waals surface area contributed by atoms with Crippen LogP contribution in [-0.4, -0.2) is 28.7 Å². The summed E-state index contributed by atoms with van der Waals surface area (Å²) in [6.45, 7) is 2.23. The first-order valence-corrected chi connectivity index (χ1v) is 5.47. The summed E-state index contributed by atoms with van der Waals surface area (Å²) in [5.74, 6) is -1.06. The number of esters is 1. The van der Waals surface area contributed by atoms with E-state index >= 15 is 0 Å². The molecule has 1 aromatic carbocycles. The number of rotatable bonds is 5. The Balaban J connectivity index is 3.27. The smallest absolute Gasteiger partial charge is 0.392 e. The van der Waals surface area contributed by atoms with Crippen molar-refractivity contribution >= 4 is 5.97 Å². The normalized spacial score (nSPS) is 14.0. The number of aliphatic hydroxyl groups excluding tert-OH is 1. The second-order valence-electron chi connectivity index (χ2n) is 4.10. The molecule has 0 amide bonds. The minimum Gasteiger partial charge on any atom is -0.457 e. The number of nitro groups is 1. The molecule has 0 aliphatic rings. The zero-order valence-electron chi connectivity index (χ0n) is 10.2. The van der Waals surface area contributed by atoms with Crippen LogP contribution in [0.4, 0.5) is 0 Å². The molecule has 0 fully saturated rings. The van der Waals surface area contributed by atoms with Crippen molar-refractivity contribution in [3.05, 3.63) is 46.0 Å². The molecule has 1 rings (SSSR count). The molecule has 1 atom stereocenters. The van der Waals surface area contributed by atoms with E-state index in [1.54, 1.807) is 32.0 Å². The lowest BCUT2D eigenvalue weighted by Gasteiger charge is -2.22. The summed E-state index contributed by atoms with van der Waals surface area (Å²) < 4.78 is 4.88. The first kappa shape index (κ1) is 14.1. The molecule has 1 unspecified atom stereocenters. The first-order valence-electron chi connectivity index (χ1n) is 5.47. The average Bonchev–Trinajstić information content (AvgIpc) is 2.30. The van der Waals surface area contributed by atoms with Crippen LogP contribution >= 0.6 is 0 Å². The molecule has 0 aliphatic heterocycles. The van der Waals surface area contributed by atoms with Crippen LogP contribution in [0.25, 0.3) is 0 Å². The van der Waals surface area contributed by atoms with Gasteiger partial charge in [0, 0.05) is 10.5 Å². The van der Waals surface area contributed by atoms with E-state index in [-0.39, 0.29) is 5.56 Å². The van der Waals surface area contributed by atoms with E-state index in [1.807, 2.05) is 0 Å². The number of ether oxygens (including phenoxy) is 1. The van der Waals surface area contributed by atoms with Gasteiger partial charge in [-0.1, -0.05) is 30.3 Å². The summed E-state index contributed by atoms with van der Waals surface area (Å²) in [5.41, 5.74) is -2.16. The zero-order valence-corrected chi connectivity index (χ0v) is 10.2. The number of aliphatic hydroxyl groups is 1. The highest BCUT2D eigenvalue weighted by atomic mass is 16.6. The standard InChI is InChI=1S/C12H15NO5/c1-9(2)18-11(15)12(8-14,13(16)17)10-6-4-3-5-7-10/h3-7,9,14H,8H2,1-2H3. The minimum absolute atomic E-state index is 0.100. The molecule has 0 aliphatic carbocycles. The molecule has 1 aromatic rings. The van der Waals surface area contributed by atoms with Crippen LogP contribution in [0.15, 0.2) is 30.3 Å². The Labute approximate surface area is 104 Å². The summed E-state index contributed by atoms with van der Waals surface area (Å²) in [4.78, 5) is 22.3. The van der Waals surface area contributed by atoms with Gasteiger partial charge in [0.1, 0.15) is 6.61 Å². The average molecular weight is 253 g/mol. The SMILES string of the molecule is CC(C)OC(=O)C(CO)(c1ccccc1)[N+](=O)[O-]. The fourth-order valence-corrected chi connectivity index (χ4v) is 1.54. The van der Waals surface area contributed by atoms with E-state index in [2.05, 4.69) is 0 Å². The summed E-state index contributed by atoms with van der Waals surface area (Å²) >= 11 is 0. The molecule has 6 nitrogen and oxygen atoms in total. The van der Waals surface area contributed by atoms with Crippen LogP contribution in [0.1, 0.15) is 19.4 Å². The van der Waals surface area contributed by atoms with Crippen molar-refractivity contribution in [2.45, 2.75) is 25.5 Å². The third-order valence-corrected chi connectivity index (χ3v) is 2.47. The lowest BCUT2D eigenvalue weighted by Crippen LogP contribution is -2.48. The Hall–Kier alpha value is -1.95. The molecule has 98 valence electrons. The van der Waals surface area contributed by atoms with Gasteiger partial charge in [0.05, 0.1) is 6.10 Å². The summed E-state index contributed by atoms with van der Waals surface area (Å²) in [6, 6.07) is 7.62. The van der Waals surface area contributed by atoms with Crippen LogP contribution in [0, 0.1) is 10.1 Å². The molecule has 6 heteroatoms. The van der Waals surface area contributed by atoms with Crippen molar-refractivity contribution in [1.29, 1.82) is 0 Å². The highest BCUT2D eigenvalue weighted by Crippen LogP contribution is 2.26. The van der Waals surface area contributed by atoms with Gasteiger partial charge in [-0.15, -0.1) is 0 Å². The molecule has 0 aromatic heterocycles. The first-order chi connectivity index (χ1) is 8.45. The van der Waals surface area contributed by atoms with Crippen LogP contribution < -0.4 is 0 Å². The molecule has 0 bridgehead atoms. The molecular weight excluding hydrogens is 238 g/mol. The van der Waals surface area contributed by atoms with E-state index in [0.717, 1.165) is 0 Å². The molecule has 0 saturated carbocycles. The van der Waals surface area contributed by atoms with Gasteiger partial charge in [-0.2, -0.15) is 0 Å². The van der Waals surface area contributed by atoms with Gasteiger partial charge in [0.2, 0.25) is 0 Å². The lowest BCUT2D eigenvalue weighted by atomic mass is 9.91. The molecule has 0 spiro atoms. The highest BCUT2D eigenvalue weighted by molar-refractivity contribution is 5.81. The largest absolute Gasteiger partial charge is 0.457 e. The maximum absolute atomic E-state index is 11.9. The number of benzene rings is 1. The number of carbonyl (C=O) groups is 1. The molecule has 1 N–H and O–H groups in total. The number of carbonyl (C=O) groups excluding carboxylic acids is 1. The van der Waals surface area contributed by atoms with Crippen LogP contribution in [0.2, 0.25) is 0 Å². The van der Waals surface area contributed by atoms with Gasteiger partial charge >= 0.3 is 11.5 Å². The van der Waals surface area contributed by atoms with Crippen molar-refractivity contribution in [1.82, 2.24) is 0 Å². The monoisotopic (exact) mass is 253 g/mol. The van der Waals surface area contributed by atoms with Crippen molar-refractivity contribution in [3.8, 4) is 0 Å². The van der Waals surface area contributed by atoms with E-state index in [0.29, 0.717) is 0 Å². The van der Waals surface area contributed by atoms with Gasteiger partial charge in [-0.3, -0.25) is 10.1 Å². The van der Waals surface area contributed by atoms with Gasteiger partial charge in [0.15, 0.2) is 0 Å². The van der Waals surface area contributed by atoms with Crippen molar-refractivity contribution in [2.24, 2.45) is 0 Å². The molecule has 0 radical (unpaired) electrons. The Morgan fingerprint density at radius 3 is 2.39 bits per heavy atom. The van der Waals surface area contributed by atoms with Crippen LogP contribution in [-0.2, 0) is 15.1 Å². The van der Waals surface area contributed by atoms with Gasteiger partial charge < -0.3 is 9.84 Å². The van der Waals surface area contributed by atoms with E-state index < -0.39 is 29.1 Å². The summed E-state index contributed by atoms with van der Waals surface area (Å²) in [7, 11) is 0. The van der Waals surface area contributed by atoms with E-state index in [9.17, 15) is 20.0 Å². The number of hydrogen-bond acceptors (Lipinski definition) is 5. The Bertz CT molecular complexity index is 431. The molecule has 0 heterocycles. The summed E-state index contributed by atoms with van der Waals surface area (Å²) in [5, 5.41) is 20.6. The minimum atomic E-state index is -2.26. The van der Waals surface area contributed by atoms with Gasteiger partial charge in [-0.25, -0.2) is 4.79 Å². The predicted molar refractivity (Wildman–Crippen MR) is 63.4 cm³/mol. The zero-order chi connectivity index (χ0) is 13.8. The Kier molecular flexibility index (Phi) is 4.38. The number of hydrogen-bond donors (Lipinski definition) is 1. The maximum Gasteiger partial charge on any atom is 0.392 e. The maximum atomic E-state index is 11.9.